The third-order valence-electron chi connectivity index (χ3n) is 5.61. The summed E-state index contributed by atoms with van der Waals surface area (Å²) < 4.78 is 0. The number of nitrogens with one attached hydrogen (secondary N) is 1. The maximum absolute atomic E-state index is 3.79. The number of aryl methyl sites for hydroxylation is 3. The normalized spacial score (nSPS) is 24.0. The van der Waals surface area contributed by atoms with E-state index in [-0.39, 0.29) is 0 Å². The molecule has 0 radical (unpaired) electrons. The lowest BCUT2D eigenvalue weighted by Gasteiger charge is -2.29. The zero-order valence-corrected chi connectivity index (χ0v) is 14.6. The average Bonchev–Trinajstić information content (AvgIpc) is 2.49. The highest BCUT2D eigenvalue weighted by molar-refractivity contribution is 5.38. The summed E-state index contributed by atoms with van der Waals surface area (Å²) in [7, 11) is 0. The fraction of sp³-hybridized carbons (Fsp3) is 0.700. The van der Waals surface area contributed by atoms with Gasteiger partial charge in [0.15, 0.2) is 0 Å². The average molecular weight is 287 g/mol. The molecule has 118 valence electrons. The van der Waals surface area contributed by atoms with Crippen LogP contribution in [0.25, 0.3) is 0 Å². The molecule has 0 heterocycles. The van der Waals surface area contributed by atoms with Gasteiger partial charge in [0.2, 0.25) is 0 Å². The van der Waals surface area contributed by atoms with E-state index in [0.717, 1.165) is 11.8 Å². The fourth-order valence-electron chi connectivity index (χ4n) is 3.75. The van der Waals surface area contributed by atoms with E-state index in [4.69, 9.17) is 0 Å². The molecule has 1 N–H and O–H groups in total. The van der Waals surface area contributed by atoms with Gasteiger partial charge < -0.3 is 5.32 Å². The quantitative estimate of drug-likeness (QED) is 0.756. The van der Waals surface area contributed by atoms with Gasteiger partial charge in [-0.25, -0.2) is 0 Å². The Labute approximate surface area is 131 Å². The van der Waals surface area contributed by atoms with Crippen molar-refractivity contribution in [3.05, 3.63) is 34.4 Å². The molecule has 1 unspecified atom stereocenters. The van der Waals surface area contributed by atoms with E-state index in [1.165, 1.54) is 60.9 Å². The molecule has 1 aliphatic rings. The van der Waals surface area contributed by atoms with E-state index in [1.54, 1.807) is 0 Å². The molecule has 0 bridgehead atoms. The smallest absolute Gasteiger partial charge is 0.0294 e. The molecule has 2 rings (SSSR count). The van der Waals surface area contributed by atoms with E-state index in [2.05, 4.69) is 52.1 Å². The lowest BCUT2D eigenvalue weighted by atomic mass is 9.81. The number of rotatable bonds is 5. The van der Waals surface area contributed by atoms with Crippen LogP contribution in [-0.4, -0.2) is 6.54 Å². The number of hydrogen-bond acceptors (Lipinski definition) is 1. The molecule has 1 atom stereocenters. The maximum Gasteiger partial charge on any atom is 0.0294 e. The van der Waals surface area contributed by atoms with E-state index < -0.39 is 0 Å². The second-order valence-electron chi connectivity index (χ2n) is 7.22. The van der Waals surface area contributed by atoms with Crippen molar-refractivity contribution in [1.82, 2.24) is 5.32 Å². The minimum atomic E-state index is 0.466. The van der Waals surface area contributed by atoms with Gasteiger partial charge in [-0.2, -0.15) is 0 Å². The van der Waals surface area contributed by atoms with Gasteiger partial charge in [0, 0.05) is 6.04 Å². The predicted octanol–water partition coefficient (Wildman–Crippen LogP) is 5.48. The summed E-state index contributed by atoms with van der Waals surface area (Å²) in [6, 6.07) is 5.17. The molecule has 1 saturated carbocycles. The molecular formula is C20H33N. The maximum atomic E-state index is 3.79. The Morgan fingerprint density at radius 1 is 0.952 bits per heavy atom. The topological polar surface area (TPSA) is 12.0 Å². The van der Waals surface area contributed by atoms with Crippen molar-refractivity contribution in [2.24, 2.45) is 11.8 Å². The van der Waals surface area contributed by atoms with Crippen molar-refractivity contribution >= 4 is 0 Å². The highest BCUT2D eigenvalue weighted by atomic mass is 14.9. The van der Waals surface area contributed by atoms with Crippen LogP contribution in [-0.2, 0) is 0 Å². The lowest BCUT2D eigenvalue weighted by molar-refractivity contribution is 0.258. The van der Waals surface area contributed by atoms with E-state index in [0.29, 0.717) is 6.04 Å². The van der Waals surface area contributed by atoms with E-state index >= 15 is 0 Å². The minimum Gasteiger partial charge on any atom is -0.310 e. The van der Waals surface area contributed by atoms with Crippen molar-refractivity contribution in [2.75, 3.05) is 6.54 Å². The monoisotopic (exact) mass is 287 g/mol. The second kappa shape index (κ2) is 7.45. The van der Waals surface area contributed by atoms with Crippen molar-refractivity contribution < 1.29 is 0 Å². The summed E-state index contributed by atoms with van der Waals surface area (Å²) in [4.78, 5) is 0. The first-order valence-corrected chi connectivity index (χ1v) is 8.82. The summed E-state index contributed by atoms with van der Waals surface area (Å²) in [5, 5.41) is 3.79. The zero-order valence-electron chi connectivity index (χ0n) is 14.6. The summed E-state index contributed by atoms with van der Waals surface area (Å²) >= 11 is 0. The van der Waals surface area contributed by atoms with Gasteiger partial charge in [0.1, 0.15) is 0 Å². The Kier molecular flexibility index (Phi) is 5.87. The first-order chi connectivity index (χ1) is 10.0. The SMILES string of the molecule is CCC1CCC(CNC(C)c2cc(C)c(C)cc2C)CC1. The Morgan fingerprint density at radius 2 is 1.52 bits per heavy atom. The molecule has 1 heteroatoms. The summed E-state index contributed by atoms with van der Waals surface area (Å²) in [6.45, 7) is 12.5. The highest BCUT2D eigenvalue weighted by Crippen LogP contribution is 2.30. The molecule has 0 saturated heterocycles. The van der Waals surface area contributed by atoms with Crippen LogP contribution in [0.2, 0.25) is 0 Å². The van der Waals surface area contributed by atoms with Crippen LogP contribution in [0.3, 0.4) is 0 Å². The fourth-order valence-corrected chi connectivity index (χ4v) is 3.75. The molecule has 1 aromatic carbocycles. The van der Waals surface area contributed by atoms with Gasteiger partial charge in [-0.3, -0.25) is 0 Å². The second-order valence-corrected chi connectivity index (χ2v) is 7.22. The Bertz CT molecular complexity index is 455. The minimum absolute atomic E-state index is 0.466. The predicted molar refractivity (Wildman–Crippen MR) is 92.8 cm³/mol. The van der Waals surface area contributed by atoms with Crippen LogP contribution >= 0.6 is 0 Å². The number of hydrogen-bond donors (Lipinski definition) is 1. The molecule has 0 aromatic heterocycles. The summed E-state index contributed by atoms with van der Waals surface area (Å²) in [6.07, 6.45) is 7.10. The van der Waals surface area contributed by atoms with Crippen molar-refractivity contribution in [2.45, 2.75) is 72.8 Å². The molecule has 21 heavy (non-hydrogen) atoms. The van der Waals surface area contributed by atoms with Crippen molar-refractivity contribution in [3.8, 4) is 0 Å². The van der Waals surface area contributed by atoms with Crippen LogP contribution < -0.4 is 5.32 Å². The Hall–Kier alpha value is -0.820. The largest absolute Gasteiger partial charge is 0.310 e. The van der Waals surface area contributed by atoms with Crippen LogP contribution in [0.4, 0.5) is 0 Å². The number of benzene rings is 1. The summed E-state index contributed by atoms with van der Waals surface area (Å²) in [5.74, 6) is 1.89. The highest BCUT2D eigenvalue weighted by Gasteiger charge is 2.20. The van der Waals surface area contributed by atoms with Crippen LogP contribution in [0, 0.1) is 32.6 Å². The third kappa shape index (κ3) is 4.32. The lowest BCUT2D eigenvalue weighted by Crippen LogP contribution is -2.28. The van der Waals surface area contributed by atoms with Crippen LogP contribution in [0.15, 0.2) is 12.1 Å². The first-order valence-electron chi connectivity index (χ1n) is 8.82. The van der Waals surface area contributed by atoms with Crippen LogP contribution in [0.5, 0.6) is 0 Å². The third-order valence-corrected chi connectivity index (χ3v) is 5.61. The zero-order chi connectivity index (χ0) is 15.4. The standard InChI is InChI=1S/C20H33N/c1-6-18-7-9-19(10-8-18)13-21-17(5)20-12-15(3)14(2)11-16(20)4/h11-12,17-19,21H,6-10,13H2,1-5H3. The molecule has 1 fully saturated rings. The molecule has 1 aromatic rings. The van der Waals surface area contributed by atoms with Crippen molar-refractivity contribution in [1.29, 1.82) is 0 Å². The van der Waals surface area contributed by atoms with Gasteiger partial charge in [-0.15, -0.1) is 0 Å². The summed E-state index contributed by atoms with van der Waals surface area (Å²) in [5.41, 5.74) is 5.71. The molecule has 0 spiro atoms. The van der Waals surface area contributed by atoms with Crippen molar-refractivity contribution in [3.63, 3.8) is 0 Å². The molecule has 0 amide bonds. The molecule has 1 aliphatic carbocycles. The first kappa shape index (κ1) is 16.5. The molecule has 1 nitrogen and oxygen atoms in total. The Morgan fingerprint density at radius 3 is 2.14 bits per heavy atom. The van der Waals surface area contributed by atoms with Gasteiger partial charge in [-0.05, 0) is 81.2 Å². The van der Waals surface area contributed by atoms with Gasteiger partial charge >= 0.3 is 0 Å². The van der Waals surface area contributed by atoms with E-state index in [1.807, 2.05) is 0 Å². The van der Waals surface area contributed by atoms with Crippen LogP contribution in [0.1, 0.15) is 74.2 Å². The van der Waals surface area contributed by atoms with Gasteiger partial charge in [-0.1, -0.05) is 38.3 Å². The van der Waals surface area contributed by atoms with E-state index in [9.17, 15) is 0 Å². The molecule has 0 aliphatic heterocycles. The molecular weight excluding hydrogens is 254 g/mol. The van der Waals surface area contributed by atoms with Gasteiger partial charge in [0.25, 0.3) is 0 Å². The Balaban J connectivity index is 1.88. The van der Waals surface area contributed by atoms with Gasteiger partial charge in [0.05, 0.1) is 0 Å².